The molecule has 0 N–H and O–H groups in total. The molecule has 1 saturated carbocycles. The predicted molar refractivity (Wildman–Crippen MR) is 68.7 cm³/mol. The number of pyridine rings is 1. The molecule has 1 aromatic heterocycles. The van der Waals surface area contributed by atoms with Crippen molar-refractivity contribution in [1.82, 2.24) is 4.98 Å². The van der Waals surface area contributed by atoms with Crippen LogP contribution in [0, 0.1) is 11.8 Å². The van der Waals surface area contributed by atoms with Crippen LogP contribution in [0.4, 0.5) is 0 Å². The van der Waals surface area contributed by atoms with E-state index in [2.05, 4.69) is 24.0 Å². The van der Waals surface area contributed by atoms with Crippen molar-refractivity contribution in [2.24, 2.45) is 11.8 Å². The second-order valence-corrected chi connectivity index (χ2v) is 5.66. The van der Waals surface area contributed by atoms with Gasteiger partial charge in [0.15, 0.2) is 0 Å². The van der Waals surface area contributed by atoms with Crippen LogP contribution in [0.25, 0.3) is 0 Å². The van der Waals surface area contributed by atoms with Crippen molar-refractivity contribution in [1.29, 1.82) is 0 Å². The molecule has 2 rings (SSSR count). The van der Waals surface area contributed by atoms with E-state index >= 15 is 0 Å². The quantitative estimate of drug-likeness (QED) is 0.723. The third-order valence-corrected chi connectivity index (χ3v) is 4.26. The van der Waals surface area contributed by atoms with Crippen LogP contribution in [-0.2, 0) is 6.42 Å². The summed E-state index contributed by atoms with van der Waals surface area (Å²) >= 11 is 6.52. The average molecular weight is 238 g/mol. The Balaban J connectivity index is 1.86. The van der Waals surface area contributed by atoms with E-state index in [0.717, 1.165) is 12.3 Å². The smallest absolute Gasteiger partial charge is 0.0404 e. The van der Waals surface area contributed by atoms with Gasteiger partial charge in [-0.05, 0) is 48.8 Å². The Bertz CT molecular complexity index is 304. The van der Waals surface area contributed by atoms with Crippen molar-refractivity contribution in [3.05, 3.63) is 30.1 Å². The highest BCUT2D eigenvalue weighted by Gasteiger charge is 2.24. The molecular formula is C14H20ClN. The first-order valence-corrected chi connectivity index (χ1v) is 6.72. The number of hydrogen-bond acceptors (Lipinski definition) is 1. The number of hydrogen-bond donors (Lipinski definition) is 0. The SMILES string of the molecule is CC1CCC(C(Cl)Cc2ccncc2)CC1. The van der Waals surface area contributed by atoms with Gasteiger partial charge in [-0.1, -0.05) is 19.8 Å². The molecule has 0 saturated heterocycles. The molecule has 1 heterocycles. The minimum absolute atomic E-state index is 0.301. The van der Waals surface area contributed by atoms with E-state index in [0.29, 0.717) is 11.3 Å². The van der Waals surface area contributed by atoms with Crippen LogP contribution in [0.3, 0.4) is 0 Å². The lowest BCUT2D eigenvalue weighted by Gasteiger charge is -2.29. The summed E-state index contributed by atoms with van der Waals surface area (Å²) in [5.74, 6) is 1.62. The fraction of sp³-hybridized carbons (Fsp3) is 0.643. The average Bonchev–Trinajstić information content (AvgIpc) is 2.31. The summed E-state index contributed by atoms with van der Waals surface area (Å²) < 4.78 is 0. The minimum Gasteiger partial charge on any atom is -0.265 e. The van der Waals surface area contributed by atoms with Crippen LogP contribution in [0.1, 0.15) is 38.2 Å². The number of rotatable bonds is 3. The van der Waals surface area contributed by atoms with Crippen LogP contribution >= 0.6 is 11.6 Å². The Hall–Kier alpha value is -0.560. The van der Waals surface area contributed by atoms with Crippen molar-refractivity contribution in [2.75, 3.05) is 0 Å². The van der Waals surface area contributed by atoms with Crippen molar-refractivity contribution in [3.63, 3.8) is 0 Å². The fourth-order valence-corrected chi connectivity index (χ4v) is 2.99. The Morgan fingerprint density at radius 1 is 1.25 bits per heavy atom. The highest BCUT2D eigenvalue weighted by molar-refractivity contribution is 6.20. The second-order valence-electron chi connectivity index (χ2n) is 5.10. The van der Waals surface area contributed by atoms with Crippen LogP contribution in [-0.4, -0.2) is 10.4 Å². The standard InChI is InChI=1S/C14H20ClN/c1-11-2-4-13(5-3-11)14(15)10-12-6-8-16-9-7-12/h6-9,11,13-14H,2-5,10H2,1H3. The van der Waals surface area contributed by atoms with E-state index in [1.165, 1.54) is 31.2 Å². The molecule has 1 aromatic rings. The summed E-state index contributed by atoms with van der Waals surface area (Å²) in [5.41, 5.74) is 1.31. The second kappa shape index (κ2) is 5.67. The van der Waals surface area contributed by atoms with Crippen LogP contribution < -0.4 is 0 Å². The predicted octanol–water partition coefficient (Wildman–Crippen LogP) is 4.06. The fourth-order valence-electron chi connectivity index (χ4n) is 2.56. The maximum atomic E-state index is 6.52. The van der Waals surface area contributed by atoms with E-state index in [9.17, 15) is 0 Å². The molecule has 88 valence electrons. The lowest BCUT2D eigenvalue weighted by Crippen LogP contribution is -2.22. The third kappa shape index (κ3) is 3.21. The lowest BCUT2D eigenvalue weighted by molar-refractivity contribution is 0.281. The summed E-state index contributed by atoms with van der Waals surface area (Å²) in [5, 5.41) is 0.301. The molecule has 0 bridgehead atoms. The first kappa shape index (κ1) is 11.9. The van der Waals surface area contributed by atoms with E-state index in [1.54, 1.807) is 0 Å². The summed E-state index contributed by atoms with van der Waals surface area (Å²) in [6.07, 6.45) is 10.0. The van der Waals surface area contributed by atoms with Gasteiger partial charge >= 0.3 is 0 Å². The van der Waals surface area contributed by atoms with Gasteiger partial charge in [0.1, 0.15) is 0 Å². The highest BCUT2D eigenvalue weighted by Crippen LogP contribution is 2.33. The van der Waals surface area contributed by atoms with Gasteiger partial charge in [-0.15, -0.1) is 11.6 Å². The molecule has 0 aromatic carbocycles. The van der Waals surface area contributed by atoms with Gasteiger partial charge in [-0.25, -0.2) is 0 Å². The van der Waals surface area contributed by atoms with Crippen LogP contribution in [0.15, 0.2) is 24.5 Å². The highest BCUT2D eigenvalue weighted by atomic mass is 35.5. The molecule has 2 heteroatoms. The zero-order valence-corrected chi connectivity index (χ0v) is 10.7. The van der Waals surface area contributed by atoms with Crippen molar-refractivity contribution in [2.45, 2.75) is 44.4 Å². The molecule has 0 spiro atoms. The van der Waals surface area contributed by atoms with Gasteiger partial charge in [0.2, 0.25) is 0 Å². The summed E-state index contributed by atoms with van der Waals surface area (Å²) in [6.45, 7) is 2.35. The van der Waals surface area contributed by atoms with Crippen molar-refractivity contribution < 1.29 is 0 Å². The summed E-state index contributed by atoms with van der Waals surface area (Å²) in [4.78, 5) is 4.03. The number of aromatic nitrogens is 1. The Morgan fingerprint density at radius 3 is 2.50 bits per heavy atom. The molecule has 0 amide bonds. The topological polar surface area (TPSA) is 12.9 Å². The number of halogens is 1. The Labute approximate surface area is 103 Å². The van der Waals surface area contributed by atoms with E-state index in [1.807, 2.05) is 12.4 Å². The monoisotopic (exact) mass is 237 g/mol. The number of nitrogens with zero attached hydrogens (tertiary/aromatic N) is 1. The zero-order valence-electron chi connectivity index (χ0n) is 9.90. The van der Waals surface area contributed by atoms with E-state index in [4.69, 9.17) is 11.6 Å². The molecule has 1 unspecified atom stereocenters. The molecule has 1 aliphatic rings. The minimum atomic E-state index is 0.301. The Morgan fingerprint density at radius 2 is 1.88 bits per heavy atom. The normalized spacial score (nSPS) is 27.6. The molecule has 1 nitrogen and oxygen atoms in total. The molecule has 16 heavy (non-hydrogen) atoms. The van der Waals surface area contributed by atoms with Gasteiger partial charge in [0, 0.05) is 17.8 Å². The van der Waals surface area contributed by atoms with Gasteiger partial charge < -0.3 is 0 Å². The number of alkyl halides is 1. The van der Waals surface area contributed by atoms with Crippen LogP contribution in [0.2, 0.25) is 0 Å². The van der Waals surface area contributed by atoms with Gasteiger partial charge in [0.25, 0.3) is 0 Å². The third-order valence-electron chi connectivity index (χ3n) is 3.75. The van der Waals surface area contributed by atoms with E-state index < -0.39 is 0 Å². The maximum Gasteiger partial charge on any atom is 0.0404 e. The molecule has 1 aliphatic carbocycles. The van der Waals surface area contributed by atoms with Gasteiger partial charge in [0.05, 0.1) is 0 Å². The first-order valence-electron chi connectivity index (χ1n) is 6.28. The maximum absolute atomic E-state index is 6.52. The lowest BCUT2D eigenvalue weighted by atomic mass is 9.80. The molecule has 1 fully saturated rings. The molecular weight excluding hydrogens is 218 g/mol. The van der Waals surface area contributed by atoms with Crippen LogP contribution in [0.5, 0.6) is 0 Å². The van der Waals surface area contributed by atoms with Crippen molar-refractivity contribution >= 4 is 11.6 Å². The zero-order chi connectivity index (χ0) is 11.4. The van der Waals surface area contributed by atoms with Crippen molar-refractivity contribution in [3.8, 4) is 0 Å². The van der Waals surface area contributed by atoms with Gasteiger partial charge in [-0.3, -0.25) is 4.98 Å². The molecule has 1 atom stereocenters. The molecule has 0 aliphatic heterocycles. The summed E-state index contributed by atoms with van der Waals surface area (Å²) in [6, 6.07) is 4.14. The van der Waals surface area contributed by atoms with Gasteiger partial charge in [-0.2, -0.15) is 0 Å². The Kier molecular flexibility index (Phi) is 4.22. The first-order chi connectivity index (χ1) is 7.75. The molecule has 0 radical (unpaired) electrons. The largest absolute Gasteiger partial charge is 0.265 e. The van der Waals surface area contributed by atoms with E-state index in [-0.39, 0.29) is 0 Å². The summed E-state index contributed by atoms with van der Waals surface area (Å²) in [7, 11) is 0.